The summed E-state index contributed by atoms with van der Waals surface area (Å²) in [5.74, 6) is 0.488. The van der Waals surface area contributed by atoms with E-state index in [0.717, 1.165) is 0 Å². The fourth-order valence-corrected chi connectivity index (χ4v) is 2.52. The van der Waals surface area contributed by atoms with E-state index >= 15 is 0 Å². The molecular weight excluding hydrogens is 246 g/mol. The molecule has 0 aliphatic rings. The molecule has 1 atom stereocenters. The molecule has 1 aromatic rings. The molecule has 0 saturated heterocycles. The molecule has 114 valence electrons. The van der Waals surface area contributed by atoms with E-state index < -0.39 is 0 Å². The van der Waals surface area contributed by atoms with E-state index in [1.165, 1.54) is 69.8 Å². The number of unbranched alkanes of at least 4 members (excludes halogenated alkanes) is 7. The first-order valence-corrected chi connectivity index (χ1v) is 8.32. The number of aliphatic hydroxyl groups is 1. The molecule has 1 N–H and O–H groups in total. The summed E-state index contributed by atoms with van der Waals surface area (Å²) in [5.41, 5.74) is 1.37. The molecule has 2 heteroatoms. The standard InChI is InChI=1S/C18H31NO/c1-17(16-20)11-8-6-4-2-3-5-7-9-12-18-13-10-14-19-15-18/h10,13-15,17,20H,2-9,11-12,16H2,1H3/t17-/m0/s1. The van der Waals surface area contributed by atoms with Crippen molar-refractivity contribution in [1.82, 2.24) is 4.98 Å². The molecule has 0 fully saturated rings. The summed E-state index contributed by atoms with van der Waals surface area (Å²) >= 11 is 0. The number of aromatic nitrogens is 1. The molecular formula is C18H31NO. The van der Waals surface area contributed by atoms with Gasteiger partial charge in [-0.25, -0.2) is 0 Å². The summed E-state index contributed by atoms with van der Waals surface area (Å²) in [6.07, 6.45) is 16.9. The third kappa shape index (κ3) is 9.08. The predicted molar refractivity (Wildman–Crippen MR) is 85.7 cm³/mol. The van der Waals surface area contributed by atoms with Crippen LogP contribution in [0.2, 0.25) is 0 Å². The second-order valence-corrected chi connectivity index (χ2v) is 6.02. The number of aliphatic hydroxyl groups excluding tert-OH is 1. The Hall–Kier alpha value is -0.890. The molecule has 0 radical (unpaired) electrons. The number of nitrogens with zero attached hydrogens (tertiary/aromatic N) is 1. The van der Waals surface area contributed by atoms with Crippen LogP contribution in [0.4, 0.5) is 0 Å². The normalized spacial score (nSPS) is 12.5. The Kier molecular flexibility index (Phi) is 10.2. The Balaban J connectivity index is 1.81. The lowest BCUT2D eigenvalue weighted by Crippen LogP contribution is -1.99. The maximum atomic E-state index is 8.94. The summed E-state index contributed by atoms with van der Waals surface area (Å²) in [4.78, 5) is 4.14. The van der Waals surface area contributed by atoms with Crippen molar-refractivity contribution in [1.29, 1.82) is 0 Å². The Bertz CT molecular complexity index is 312. The summed E-state index contributed by atoms with van der Waals surface area (Å²) in [7, 11) is 0. The van der Waals surface area contributed by atoms with Crippen LogP contribution in [0.1, 0.15) is 70.3 Å². The lowest BCUT2D eigenvalue weighted by molar-refractivity contribution is 0.227. The van der Waals surface area contributed by atoms with Gasteiger partial charge in [0.2, 0.25) is 0 Å². The van der Waals surface area contributed by atoms with Crippen LogP contribution in [0, 0.1) is 5.92 Å². The van der Waals surface area contributed by atoms with Gasteiger partial charge in [-0.2, -0.15) is 0 Å². The highest BCUT2D eigenvalue weighted by Crippen LogP contribution is 2.13. The van der Waals surface area contributed by atoms with Crippen molar-refractivity contribution in [2.75, 3.05) is 6.61 Å². The van der Waals surface area contributed by atoms with Gasteiger partial charge in [-0.1, -0.05) is 57.9 Å². The lowest BCUT2D eigenvalue weighted by atomic mass is 10.0. The minimum absolute atomic E-state index is 0.344. The number of pyridine rings is 1. The molecule has 0 spiro atoms. The highest BCUT2D eigenvalue weighted by molar-refractivity contribution is 5.08. The van der Waals surface area contributed by atoms with Crippen LogP contribution in [0.15, 0.2) is 24.5 Å². The average Bonchev–Trinajstić information content (AvgIpc) is 2.50. The first-order chi connectivity index (χ1) is 9.83. The van der Waals surface area contributed by atoms with E-state index in [1.54, 1.807) is 0 Å². The minimum atomic E-state index is 0.344. The number of rotatable bonds is 12. The Morgan fingerprint density at radius 1 is 1.00 bits per heavy atom. The van der Waals surface area contributed by atoms with Gasteiger partial charge in [-0.15, -0.1) is 0 Å². The topological polar surface area (TPSA) is 33.1 Å². The lowest BCUT2D eigenvalue weighted by Gasteiger charge is -2.06. The van der Waals surface area contributed by atoms with Gasteiger partial charge in [0, 0.05) is 19.0 Å². The molecule has 0 saturated carbocycles. The molecule has 0 amide bonds. The van der Waals surface area contributed by atoms with Crippen LogP contribution in [-0.2, 0) is 6.42 Å². The van der Waals surface area contributed by atoms with Crippen LogP contribution < -0.4 is 0 Å². The summed E-state index contributed by atoms with van der Waals surface area (Å²) in [6, 6.07) is 4.19. The van der Waals surface area contributed by atoms with E-state index in [-0.39, 0.29) is 0 Å². The van der Waals surface area contributed by atoms with Gasteiger partial charge in [-0.3, -0.25) is 4.98 Å². The van der Waals surface area contributed by atoms with Crippen molar-refractivity contribution >= 4 is 0 Å². The van der Waals surface area contributed by atoms with E-state index in [9.17, 15) is 0 Å². The zero-order chi connectivity index (χ0) is 14.5. The first kappa shape index (κ1) is 17.2. The second-order valence-electron chi connectivity index (χ2n) is 6.02. The largest absolute Gasteiger partial charge is 0.396 e. The first-order valence-electron chi connectivity index (χ1n) is 8.32. The maximum absolute atomic E-state index is 8.94. The monoisotopic (exact) mass is 277 g/mol. The van der Waals surface area contributed by atoms with Gasteiger partial charge in [0.25, 0.3) is 0 Å². The van der Waals surface area contributed by atoms with Gasteiger partial charge in [0.15, 0.2) is 0 Å². The van der Waals surface area contributed by atoms with Gasteiger partial charge in [-0.05, 0) is 36.8 Å². The molecule has 0 aliphatic heterocycles. The summed E-state index contributed by atoms with van der Waals surface area (Å²) in [5, 5.41) is 8.94. The van der Waals surface area contributed by atoms with Crippen LogP contribution >= 0.6 is 0 Å². The summed E-state index contributed by atoms with van der Waals surface area (Å²) in [6.45, 7) is 2.47. The third-order valence-corrected chi connectivity index (χ3v) is 3.95. The van der Waals surface area contributed by atoms with E-state index in [4.69, 9.17) is 5.11 Å². The van der Waals surface area contributed by atoms with Crippen molar-refractivity contribution in [3.8, 4) is 0 Å². The third-order valence-electron chi connectivity index (χ3n) is 3.95. The fraction of sp³-hybridized carbons (Fsp3) is 0.722. The van der Waals surface area contributed by atoms with Gasteiger partial charge >= 0.3 is 0 Å². The minimum Gasteiger partial charge on any atom is -0.396 e. The number of aryl methyl sites for hydroxylation is 1. The molecule has 0 aromatic carbocycles. The van der Waals surface area contributed by atoms with E-state index in [0.29, 0.717) is 12.5 Å². The van der Waals surface area contributed by atoms with Crippen LogP contribution in [0.5, 0.6) is 0 Å². The SMILES string of the molecule is C[C@H](CO)CCCCCCCCCCc1cccnc1. The van der Waals surface area contributed by atoms with Crippen LogP contribution in [-0.4, -0.2) is 16.7 Å². The Labute approximate surface area is 124 Å². The smallest absolute Gasteiger partial charge is 0.0456 e. The average molecular weight is 277 g/mol. The molecule has 0 unspecified atom stereocenters. The molecule has 20 heavy (non-hydrogen) atoms. The zero-order valence-electron chi connectivity index (χ0n) is 13.1. The highest BCUT2D eigenvalue weighted by atomic mass is 16.3. The molecule has 1 rings (SSSR count). The van der Waals surface area contributed by atoms with E-state index in [2.05, 4.69) is 18.0 Å². The molecule has 2 nitrogen and oxygen atoms in total. The molecule has 0 bridgehead atoms. The van der Waals surface area contributed by atoms with E-state index in [1.807, 2.05) is 18.5 Å². The van der Waals surface area contributed by atoms with Crippen molar-refractivity contribution in [3.63, 3.8) is 0 Å². The molecule has 1 heterocycles. The zero-order valence-corrected chi connectivity index (χ0v) is 13.1. The van der Waals surface area contributed by atoms with Gasteiger partial charge in [0.1, 0.15) is 0 Å². The fourth-order valence-electron chi connectivity index (χ4n) is 2.52. The predicted octanol–water partition coefficient (Wildman–Crippen LogP) is 4.76. The number of hydrogen-bond acceptors (Lipinski definition) is 2. The van der Waals surface area contributed by atoms with Crippen molar-refractivity contribution in [3.05, 3.63) is 30.1 Å². The van der Waals surface area contributed by atoms with Crippen LogP contribution in [0.3, 0.4) is 0 Å². The second kappa shape index (κ2) is 11.9. The molecule has 0 aliphatic carbocycles. The Morgan fingerprint density at radius 2 is 1.65 bits per heavy atom. The summed E-state index contributed by atoms with van der Waals surface area (Å²) < 4.78 is 0. The van der Waals surface area contributed by atoms with Gasteiger partial charge < -0.3 is 5.11 Å². The molecule has 1 aromatic heterocycles. The van der Waals surface area contributed by atoms with Crippen molar-refractivity contribution < 1.29 is 5.11 Å². The quantitative estimate of drug-likeness (QED) is 0.559. The Morgan fingerprint density at radius 3 is 2.25 bits per heavy atom. The van der Waals surface area contributed by atoms with Crippen molar-refractivity contribution in [2.24, 2.45) is 5.92 Å². The highest BCUT2D eigenvalue weighted by Gasteiger charge is 1.99. The van der Waals surface area contributed by atoms with Crippen molar-refractivity contribution in [2.45, 2.75) is 71.1 Å². The van der Waals surface area contributed by atoms with Crippen LogP contribution in [0.25, 0.3) is 0 Å². The van der Waals surface area contributed by atoms with Gasteiger partial charge in [0.05, 0.1) is 0 Å². The number of hydrogen-bond donors (Lipinski definition) is 1. The maximum Gasteiger partial charge on any atom is 0.0456 e.